The van der Waals surface area contributed by atoms with Crippen molar-refractivity contribution >= 4 is 39.0 Å². The Bertz CT molecular complexity index is 2090. The molecule has 1 N–H and O–H groups in total. The van der Waals surface area contributed by atoms with Crippen molar-refractivity contribution in [2.45, 2.75) is 20.8 Å². The maximum Gasteiger partial charge on any atom is 0.216 e. The molecule has 0 atom stereocenters. The van der Waals surface area contributed by atoms with Crippen molar-refractivity contribution in [1.82, 2.24) is 9.97 Å². The van der Waals surface area contributed by atoms with Crippen molar-refractivity contribution < 1.29 is 38.8 Å². The predicted octanol–water partition coefficient (Wildman–Crippen LogP) is 9.27. The molecule has 4 heterocycles. The number of allylic oxidation sites excluding steroid dienone is 2. The molecule has 0 spiro atoms. The van der Waals surface area contributed by atoms with Crippen LogP contribution in [0.2, 0.25) is 0 Å². The number of carbonyl (C=O) groups excluding carboxylic acids is 1. The zero-order valence-electron chi connectivity index (χ0n) is 23.7. The Labute approximate surface area is 262 Å². The molecule has 0 aliphatic heterocycles. The van der Waals surface area contributed by atoms with E-state index in [1.807, 2.05) is 73.7 Å². The molecule has 43 heavy (non-hydrogen) atoms. The molecule has 215 valence electrons. The van der Waals surface area contributed by atoms with Crippen LogP contribution in [0.15, 0.2) is 118 Å². The Morgan fingerprint density at radius 1 is 0.814 bits per heavy atom. The SMILES string of the molecule is CC(=O)/C=C(/C)O.Cc1ccc2c(n1)oc1c(-c3ccc4oc(-c5ccccc5)c(-c5ccccc5)c4n3)[c-]ccc12.[Ir]. The van der Waals surface area contributed by atoms with E-state index in [4.69, 9.17) is 18.9 Å². The monoisotopic (exact) mass is 744 g/mol. The Balaban J connectivity index is 0.000000415. The van der Waals surface area contributed by atoms with Crippen LogP contribution in [0.1, 0.15) is 19.5 Å². The van der Waals surface area contributed by atoms with E-state index in [9.17, 15) is 4.79 Å². The second-order valence-corrected chi connectivity index (χ2v) is 9.98. The molecule has 7 rings (SSSR count). The minimum Gasteiger partial charge on any atom is -0.512 e. The molecule has 0 saturated carbocycles. The average molecular weight is 744 g/mol. The Kier molecular flexibility index (Phi) is 8.67. The van der Waals surface area contributed by atoms with Crippen molar-refractivity contribution in [3.8, 4) is 33.7 Å². The topological polar surface area (TPSA) is 89.4 Å². The molecule has 0 fully saturated rings. The third kappa shape index (κ3) is 6.05. The van der Waals surface area contributed by atoms with Crippen LogP contribution in [0.3, 0.4) is 0 Å². The molecule has 4 aromatic heterocycles. The minimum atomic E-state index is -0.125. The minimum absolute atomic E-state index is 0. The molecular weight excluding hydrogens is 717 g/mol. The molecule has 0 unspecified atom stereocenters. The quantitative estimate of drug-likeness (QED) is 0.110. The molecule has 3 aromatic carbocycles. The number of benzene rings is 3. The molecule has 1 radical (unpaired) electrons. The maximum atomic E-state index is 10.0. The molecule has 6 nitrogen and oxygen atoms in total. The van der Waals surface area contributed by atoms with Crippen LogP contribution in [-0.2, 0) is 24.9 Å². The van der Waals surface area contributed by atoms with Crippen LogP contribution in [0.5, 0.6) is 0 Å². The van der Waals surface area contributed by atoms with Crippen LogP contribution in [0, 0.1) is 13.0 Å². The van der Waals surface area contributed by atoms with Crippen molar-refractivity contribution in [3.63, 3.8) is 0 Å². The van der Waals surface area contributed by atoms with Crippen LogP contribution in [-0.4, -0.2) is 20.9 Å². The van der Waals surface area contributed by atoms with Gasteiger partial charge < -0.3 is 13.9 Å². The number of fused-ring (bicyclic) bond motifs is 4. The third-order valence-electron chi connectivity index (χ3n) is 6.74. The summed E-state index contributed by atoms with van der Waals surface area (Å²) in [4.78, 5) is 19.7. The van der Waals surface area contributed by atoms with Gasteiger partial charge in [0.05, 0.1) is 16.9 Å². The first-order chi connectivity index (χ1) is 20.4. The first kappa shape index (κ1) is 29.6. The average Bonchev–Trinajstić information content (AvgIpc) is 3.55. The zero-order chi connectivity index (χ0) is 29.2. The van der Waals surface area contributed by atoms with Crippen molar-refractivity contribution in [2.75, 3.05) is 0 Å². The van der Waals surface area contributed by atoms with E-state index in [0.29, 0.717) is 5.71 Å². The molecule has 7 aromatic rings. The summed E-state index contributed by atoms with van der Waals surface area (Å²) in [6.07, 6.45) is 1.17. The molecule has 0 aliphatic rings. The summed E-state index contributed by atoms with van der Waals surface area (Å²) >= 11 is 0. The molecule has 0 amide bonds. The van der Waals surface area contributed by atoms with Gasteiger partial charge in [-0.05, 0) is 50.2 Å². The summed E-state index contributed by atoms with van der Waals surface area (Å²) in [5.41, 5.74) is 8.45. The van der Waals surface area contributed by atoms with Gasteiger partial charge in [0.2, 0.25) is 5.71 Å². The third-order valence-corrected chi connectivity index (χ3v) is 6.74. The number of aryl methyl sites for hydroxylation is 1. The number of hydrogen-bond donors (Lipinski definition) is 1. The normalized spacial score (nSPS) is 11.3. The van der Waals surface area contributed by atoms with E-state index >= 15 is 0 Å². The van der Waals surface area contributed by atoms with Crippen LogP contribution < -0.4 is 0 Å². The second kappa shape index (κ2) is 12.6. The van der Waals surface area contributed by atoms with Gasteiger partial charge in [-0.25, -0.2) is 4.98 Å². The van der Waals surface area contributed by atoms with Crippen LogP contribution in [0.25, 0.3) is 66.9 Å². The number of pyridine rings is 2. The smallest absolute Gasteiger partial charge is 0.216 e. The summed E-state index contributed by atoms with van der Waals surface area (Å²) in [5, 5.41) is 10.4. The number of carbonyl (C=O) groups is 1. The van der Waals surface area contributed by atoms with E-state index in [1.54, 1.807) is 0 Å². The summed E-state index contributed by atoms with van der Waals surface area (Å²) < 4.78 is 12.6. The standard InChI is InChI=1S/C31H19N2O2.C5H8O2.Ir/c1-19-15-16-23-22-13-8-14-24(30(22)35-31(23)32-19)25-17-18-26-28(33-25)27(20-9-4-2-5-10-20)29(34-26)21-11-6-3-7-12-21;1-4(6)3-5(2)7;/h2-13,15-18H,1H3;3,6H,1-2H3;/q-1;;/b;4-3-;. The van der Waals surface area contributed by atoms with E-state index in [1.165, 1.54) is 19.9 Å². The number of ketones is 1. The van der Waals surface area contributed by atoms with Gasteiger partial charge in [-0.15, -0.1) is 18.2 Å². The summed E-state index contributed by atoms with van der Waals surface area (Å²) in [6.45, 7) is 4.81. The molecule has 7 heteroatoms. The second-order valence-electron chi connectivity index (χ2n) is 9.98. The predicted molar refractivity (Wildman–Crippen MR) is 166 cm³/mol. The number of aliphatic hydroxyl groups is 1. The fraction of sp³-hybridized carbons (Fsp3) is 0.0833. The summed E-state index contributed by atoms with van der Waals surface area (Å²) in [6, 6.07) is 35.7. The van der Waals surface area contributed by atoms with Crippen LogP contribution >= 0.6 is 0 Å². The summed E-state index contributed by atoms with van der Waals surface area (Å²) in [7, 11) is 0. The Hall–Kier alpha value is -4.84. The van der Waals surface area contributed by atoms with Gasteiger partial charge in [0.1, 0.15) is 11.3 Å². The van der Waals surface area contributed by atoms with Gasteiger partial charge >= 0.3 is 0 Å². The van der Waals surface area contributed by atoms with Gasteiger partial charge in [0.15, 0.2) is 11.4 Å². The number of aliphatic hydroxyl groups excluding tert-OH is 1. The summed E-state index contributed by atoms with van der Waals surface area (Å²) in [5.74, 6) is 0.745. The number of furan rings is 2. The number of rotatable bonds is 4. The zero-order valence-corrected chi connectivity index (χ0v) is 26.1. The van der Waals surface area contributed by atoms with Gasteiger partial charge in [-0.2, -0.15) is 0 Å². The Morgan fingerprint density at radius 2 is 1.51 bits per heavy atom. The van der Waals surface area contributed by atoms with Gasteiger partial charge in [-0.3, -0.25) is 9.78 Å². The molecular formula is C36H27IrN2O4-. The molecule has 0 saturated heterocycles. The molecule has 0 bridgehead atoms. The van der Waals surface area contributed by atoms with E-state index < -0.39 is 0 Å². The maximum absolute atomic E-state index is 10.0. The van der Waals surface area contributed by atoms with Gasteiger partial charge in [0, 0.05) is 42.8 Å². The van der Waals surface area contributed by atoms with E-state index in [0.717, 1.165) is 66.9 Å². The van der Waals surface area contributed by atoms with Crippen LogP contribution in [0.4, 0.5) is 0 Å². The number of hydrogen-bond acceptors (Lipinski definition) is 6. The van der Waals surface area contributed by atoms with Gasteiger partial charge in [-0.1, -0.05) is 77.7 Å². The fourth-order valence-corrected chi connectivity index (χ4v) is 4.98. The van der Waals surface area contributed by atoms with Crippen molar-refractivity contribution in [1.29, 1.82) is 0 Å². The van der Waals surface area contributed by atoms with E-state index in [-0.39, 0.29) is 31.6 Å². The number of nitrogens with zero attached hydrogens (tertiary/aromatic N) is 2. The largest absolute Gasteiger partial charge is 0.512 e. The van der Waals surface area contributed by atoms with E-state index in [2.05, 4.69) is 41.4 Å². The van der Waals surface area contributed by atoms with Crippen molar-refractivity contribution in [2.24, 2.45) is 0 Å². The van der Waals surface area contributed by atoms with Gasteiger partial charge in [0.25, 0.3) is 0 Å². The molecule has 0 aliphatic carbocycles. The Morgan fingerprint density at radius 3 is 2.16 bits per heavy atom. The first-order valence-electron chi connectivity index (χ1n) is 13.5. The fourth-order valence-electron chi connectivity index (χ4n) is 4.98. The number of aromatic nitrogens is 2. The first-order valence-corrected chi connectivity index (χ1v) is 13.5. The van der Waals surface area contributed by atoms with Crippen molar-refractivity contribution in [3.05, 3.63) is 121 Å².